The Morgan fingerprint density at radius 1 is 0.714 bits per heavy atom. The normalized spacial score (nSPS) is 19.0. The molecule has 0 bridgehead atoms. The SMILES string of the molecule is CC1(C)C(=CC=CC2=[N+](CCCCCC(=O)ON3C(=O)CCC3=O)c3ccc(S(C)(=O)=O)cc3C2(C)C)N(CCCCCC(=O)ON2C(=O)CCC2=O)c2ccc(S(=O)(=O)[O-])cc21. The molecular formula is C44H52N4O13S2. The molecule has 0 N–H and O–H groups in total. The fourth-order valence-corrected chi connectivity index (χ4v) is 9.59. The van der Waals surface area contributed by atoms with Crippen LogP contribution in [0.2, 0.25) is 0 Å². The maximum Gasteiger partial charge on any atom is 0.333 e. The van der Waals surface area contributed by atoms with Gasteiger partial charge in [-0.3, -0.25) is 19.2 Å². The molecule has 4 heterocycles. The number of carbonyl (C=O) groups is 6. The molecule has 0 saturated carbocycles. The molecule has 0 radical (unpaired) electrons. The van der Waals surface area contributed by atoms with E-state index < -0.39 is 66.4 Å². The molecule has 63 heavy (non-hydrogen) atoms. The van der Waals surface area contributed by atoms with E-state index in [0.717, 1.165) is 34.6 Å². The van der Waals surface area contributed by atoms with Crippen LogP contribution in [0.5, 0.6) is 0 Å². The van der Waals surface area contributed by atoms with E-state index in [4.69, 9.17) is 9.68 Å². The molecule has 0 spiro atoms. The summed E-state index contributed by atoms with van der Waals surface area (Å²) in [6, 6.07) is 9.37. The standard InChI is InChI=1S/C44H52N4O13S2/c1-43(2)31-27-29(62(5,55)56)17-19-33(31)45(25-10-6-8-15-41(53)60-47-37(49)21-22-38(47)50)35(43)13-12-14-36-44(3,4)32-28-30(63(57,58)59)18-20-34(32)46(36)26-11-7-9-16-42(54)61-48-39(51)23-24-40(48)52/h12-14,17-20,27-28H,6-11,15-16,21-26H2,1-5H3. The second-order valence-electron chi connectivity index (χ2n) is 17.1. The van der Waals surface area contributed by atoms with Crippen LogP contribution < -0.4 is 4.90 Å². The summed E-state index contributed by atoms with van der Waals surface area (Å²) in [5.41, 5.74) is 3.25. The second-order valence-corrected chi connectivity index (χ2v) is 20.5. The van der Waals surface area contributed by atoms with E-state index in [9.17, 15) is 50.2 Å². The molecule has 0 atom stereocenters. The van der Waals surface area contributed by atoms with Crippen molar-refractivity contribution in [2.75, 3.05) is 24.2 Å². The number of imide groups is 2. The highest BCUT2D eigenvalue weighted by atomic mass is 32.2. The molecule has 338 valence electrons. The lowest BCUT2D eigenvalue weighted by atomic mass is 9.81. The Bertz CT molecular complexity index is 2540. The first-order chi connectivity index (χ1) is 29.5. The van der Waals surface area contributed by atoms with Crippen molar-refractivity contribution >= 4 is 72.6 Å². The number of amides is 4. The molecule has 2 aromatic rings. The van der Waals surface area contributed by atoms with Crippen LogP contribution in [0, 0.1) is 0 Å². The van der Waals surface area contributed by atoms with Gasteiger partial charge < -0.3 is 19.1 Å². The number of sulfone groups is 1. The number of hydrogen-bond acceptors (Lipinski definition) is 14. The van der Waals surface area contributed by atoms with Crippen molar-refractivity contribution in [2.24, 2.45) is 0 Å². The molecule has 0 aromatic heterocycles. The van der Waals surface area contributed by atoms with Gasteiger partial charge in [0.25, 0.3) is 23.6 Å². The van der Waals surface area contributed by atoms with Crippen molar-refractivity contribution in [3.63, 3.8) is 0 Å². The Balaban J connectivity index is 1.22. The van der Waals surface area contributed by atoms with Gasteiger partial charge in [0.15, 0.2) is 15.5 Å². The maximum absolute atomic E-state index is 12.6. The van der Waals surface area contributed by atoms with Crippen LogP contribution in [0.3, 0.4) is 0 Å². The van der Waals surface area contributed by atoms with Gasteiger partial charge in [0.2, 0.25) is 5.69 Å². The second kappa shape index (κ2) is 18.3. The van der Waals surface area contributed by atoms with E-state index in [2.05, 4.69) is 9.48 Å². The third-order valence-electron chi connectivity index (χ3n) is 11.9. The van der Waals surface area contributed by atoms with Crippen molar-refractivity contribution in [1.29, 1.82) is 0 Å². The van der Waals surface area contributed by atoms with Crippen molar-refractivity contribution in [1.82, 2.24) is 10.1 Å². The number of unbranched alkanes of at least 4 members (excludes halogenated alkanes) is 4. The monoisotopic (exact) mass is 908 g/mol. The van der Waals surface area contributed by atoms with Crippen LogP contribution in [0.15, 0.2) is 70.1 Å². The number of nitrogens with zero attached hydrogens (tertiary/aromatic N) is 4. The Hall–Kier alpha value is -5.53. The van der Waals surface area contributed by atoms with E-state index in [1.165, 1.54) is 12.1 Å². The predicted octanol–water partition coefficient (Wildman–Crippen LogP) is 4.94. The van der Waals surface area contributed by atoms with Crippen LogP contribution in [-0.2, 0) is 69.2 Å². The van der Waals surface area contributed by atoms with Crippen LogP contribution in [0.25, 0.3) is 0 Å². The largest absolute Gasteiger partial charge is 0.744 e. The van der Waals surface area contributed by atoms with Crippen LogP contribution in [-0.4, -0.2) is 96.7 Å². The molecule has 2 aromatic carbocycles. The van der Waals surface area contributed by atoms with Crippen molar-refractivity contribution in [2.45, 2.75) is 125 Å². The maximum atomic E-state index is 12.6. The van der Waals surface area contributed by atoms with Crippen molar-refractivity contribution in [3.05, 3.63) is 71.5 Å². The van der Waals surface area contributed by atoms with Gasteiger partial charge in [-0.25, -0.2) is 26.4 Å². The summed E-state index contributed by atoms with van der Waals surface area (Å²) in [7, 11) is -8.28. The highest BCUT2D eigenvalue weighted by molar-refractivity contribution is 7.90. The minimum atomic E-state index is -4.76. The number of benzene rings is 2. The molecule has 17 nitrogen and oxygen atoms in total. The first-order valence-corrected chi connectivity index (χ1v) is 24.2. The van der Waals surface area contributed by atoms with E-state index in [-0.39, 0.29) is 48.3 Å². The van der Waals surface area contributed by atoms with E-state index in [1.54, 1.807) is 24.3 Å². The molecular weight excluding hydrogens is 857 g/mol. The van der Waals surface area contributed by atoms with Gasteiger partial charge in [0.1, 0.15) is 16.7 Å². The Morgan fingerprint density at radius 2 is 1.24 bits per heavy atom. The summed E-state index contributed by atoms with van der Waals surface area (Å²) in [4.78, 5) is 84.1. The van der Waals surface area contributed by atoms with E-state index >= 15 is 0 Å². The van der Waals surface area contributed by atoms with Crippen LogP contribution in [0.1, 0.15) is 116 Å². The van der Waals surface area contributed by atoms with Gasteiger partial charge in [-0.05, 0) is 81.5 Å². The first-order valence-electron chi connectivity index (χ1n) is 20.9. The van der Waals surface area contributed by atoms with Crippen molar-refractivity contribution in [3.8, 4) is 0 Å². The zero-order chi connectivity index (χ0) is 46.1. The van der Waals surface area contributed by atoms with Gasteiger partial charge in [-0.1, -0.05) is 26.3 Å². The fraction of sp³-hybridized carbons (Fsp3) is 0.477. The number of allylic oxidation sites excluding steroid dienone is 4. The summed E-state index contributed by atoms with van der Waals surface area (Å²) in [6.45, 7) is 8.85. The smallest absolute Gasteiger partial charge is 0.333 e. The summed E-state index contributed by atoms with van der Waals surface area (Å²) in [5.74, 6) is -3.55. The molecule has 6 rings (SSSR count). The van der Waals surface area contributed by atoms with E-state index in [0.29, 0.717) is 67.3 Å². The number of anilines is 1. The third-order valence-corrected chi connectivity index (χ3v) is 13.8. The zero-order valence-corrected chi connectivity index (χ0v) is 37.6. The molecule has 4 aliphatic rings. The van der Waals surface area contributed by atoms with Crippen molar-refractivity contribution < 1.29 is 64.4 Å². The first kappa shape index (κ1) is 47.0. The Morgan fingerprint density at radius 3 is 1.78 bits per heavy atom. The lowest BCUT2D eigenvalue weighted by Gasteiger charge is -2.27. The predicted molar refractivity (Wildman–Crippen MR) is 226 cm³/mol. The summed E-state index contributed by atoms with van der Waals surface area (Å²) in [5, 5.41) is 1.06. The molecule has 2 fully saturated rings. The van der Waals surface area contributed by atoms with Gasteiger partial charge >= 0.3 is 11.9 Å². The van der Waals surface area contributed by atoms with Gasteiger partial charge in [0, 0.05) is 92.3 Å². The number of hydroxylamine groups is 4. The lowest BCUT2D eigenvalue weighted by molar-refractivity contribution is -0.438. The molecule has 0 aliphatic carbocycles. The zero-order valence-electron chi connectivity index (χ0n) is 36.0. The topological polar surface area (TPSA) is 225 Å². The summed E-state index contributed by atoms with van der Waals surface area (Å²) >= 11 is 0. The fourth-order valence-electron chi connectivity index (χ4n) is 8.45. The minimum absolute atomic E-state index is 0.000326. The highest BCUT2D eigenvalue weighted by Crippen LogP contribution is 2.49. The minimum Gasteiger partial charge on any atom is -0.744 e. The molecule has 0 unspecified atom stereocenters. The Kier molecular flexibility index (Phi) is 13.6. The van der Waals surface area contributed by atoms with Gasteiger partial charge in [0.05, 0.1) is 15.2 Å². The quantitative estimate of drug-likeness (QED) is 0.0836. The average molecular weight is 909 g/mol. The molecule has 4 aliphatic heterocycles. The number of hydrogen-bond donors (Lipinski definition) is 0. The number of fused-ring (bicyclic) bond motifs is 2. The van der Waals surface area contributed by atoms with E-state index in [1.807, 2.05) is 45.9 Å². The van der Waals surface area contributed by atoms with Crippen LogP contribution >= 0.6 is 0 Å². The summed E-state index contributed by atoms with van der Waals surface area (Å²) < 4.78 is 63.7. The molecule has 2 saturated heterocycles. The van der Waals surface area contributed by atoms with Crippen LogP contribution in [0.4, 0.5) is 11.4 Å². The number of rotatable bonds is 18. The average Bonchev–Trinajstić information content (AvgIpc) is 3.83. The third kappa shape index (κ3) is 10.2. The lowest BCUT2D eigenvalue weighted by Crippen LogP contribution is -2.32. The molecule has 19 heteroatoms. The summed E-state index contributed by atoms with van der Waals surface area (Å²) in [6.07, 6.45) is 10.2. The highest BCUT2D eigenvalue weighted by Gasteiger charge is 2.45. The number of carbonyl (C=O) groups excluding carboxylic acids is 6. The molecule has 4 amide bonds. The van der Waals surface area contributed by atoms with Gasteiger partial charge in [-0.15, -0.1) is 10.1 Å². The Labute approximate surface area is 367 Å². The van der Waals surface area contributed by atoms with Gasteiger partial charge in [-0.2, -0.15) is 4.58 Å².